The molecule has 0 aliphatic rings. The average Bonchev–Trinajstić information content (AvgIpc) is 2.26. The van der Waals surface area contributed by atoms with E-state index in [4.69, 9.17) is 5.73 Å². The fourth-order valence-electron chi connectivity index (χ4n) is 1.56. The first-order chi connectivity index (χ1) is 7.58. The van der Waals surface area contributed by atoms with Gasteiger partial charge >= 0.3 is 0 Å². The smallest absolute Gasteiger partial charge is 0.146 e. The van der Waals surface area contributed by atoms with E-state index in [2.05, 4.69) is 15.9 Å². The van der Waals surface area contributed by atoms with Crippen LogP contribution in [0.5, 0.6) is 0 Å². The second-order valence-corrected chi connectivity index (χ2v) is 4.61. The van der Waals surface area contributed by atoms with Crippen LogP contribution in [0.4, 0.5) is 10.1 Å². The molecule has 2 aromatic carbocycles. The summed E-state index contributed by atoms with van der Waals surface area (Å²) in [5.74, 6) is -0.363. The highest BCUT2D eigenvalue weighted by molar-refractivity contribution is 9.10. The summed E-state index contributed by atoms with van der Waals surface area (Å²) in [5, 5.41) is 0. The third-order valence-corrected chi connectivity index (χ3v) is 3.04. The predicted octanol–water partition coefficient (Wildman–Crippen LogP) is 4.15. The third-order valence-electron chi connectivity index (χ3n) is 2.51. The van der Waals surface area contributed by atoms with Crippen molar-refractivity contribution in [3.8, 4) is 11.1 Å². The first-order valence-electron chi connectivity index (χ1n) is 4.89. The molecule has 0 heterocycles. The lowest BCUT2D eigenvalue weighted by molar-refractivity contribution is 0.632. The van der Waals surface area contributed by atoms with Gasteiger partial charge < -0.3 is 5.73 Å². The molecule has 0 saturated heterocycles. The van der Waals surface area contributed by atoms with Crippen LogP contribution < -0.4 is 5.73 Å². The van der Waals surface area contributed by atoms with E-state index in [0.29, 0.717) is 0 Å². The van der Waals surface area contributed by atoms with E-state index in [0.717, 1.165) is 21.2 Å². The van der Waals surface area contributed by atoms with Crippen LogP contribution in [0.2, 0.25) is 0 Å². The molecule has 0 unspecified atom stereocenters. The zero-order valence-corrected chi connectivity index (χ0v) is 10.4. The largest absolute Gasteiger partial charge is 0.396 e. The molecule has 0 aromatic heterocycles. The highest BCUT2D eigenvalue weighted by Gasteiger charge is 2.06. The summed E-state index contributed by atoms with van der Waals surface area (Å²) in [5.41, 5.74) is 8.38. The molecule has 0 amide bonds. The van der Waals surface area contributed by atoms with Gasteiger partial charge in [-0.05, 0) is 47.9 Å². The van der Waals surface area contributed by atoms with E-state index in [-0.39, 0.29) is 11.5 Å². The van der Waals surface area contributed by atoms with Gasteiger partial charge in [-0.2, -0.15) is 0 Å². The maximum Gasteiger partial charge on any atom is 0.146 e. The molecule has 0 bridgehead atoms. The Morgan fingerprint density at radius 1 is 1.06 bits per heavy atom. The lowest BCUT2D eigenvalue weighted by atomic mass is 10.0. The van der Waals surface area contributed by atoms with E-state index in [1.54, 1.807) is 6.92 Å². The van der Waals surface area contributed by atoms with Crippen molar-refractivity contribution in [3.63, 3.8) is 0 Å². The molecule has 82 valence electrons. The fourth-order valence-corrected chi connectivity index (χ4v) is 1.83. The molecule has 0 saturated carbocycles. The zero-order chi connectivity index (χ0) is 11.7. The minimum Gasteiger partial charge on any atom is -0.396 e. The van der Waals surface area contributed by atoms with Gasteiger partial charge in [-0.25, -0.2) is 4.39 Å². The maximum atomic E-state index is 13.5. The number of halogens is 2. The van der Waals surface area contributed by atoms with E-state index < -0.39 is 0 Å². The highest BCUT2D eigenvalue weighted by Crippen LogP contribution is 2.27. The first-order valence-corrected chi connectivity index (χ1v) is 5.69. The van der Waals surface area contributed by atoms with Crippen LogP contribution in [-0.4, -0.2) is 0 Å². The fraction of sp³-hybridized carbons (Fsp3) is 0.0769. The van der Waals surface area contributed by atoms with Crippen LogP contribution >= 0.6 is 15.9 Å². The van der Waals surface area contributed by atoms with E-state index in [1.807, 2.05) is 30.3 Å². The van der Waals surface area contributed by atoms with Gasteiger partial charge in [0.1, 0.15) is 5.82 Å². The van der Waals surface area contributed by atoms with E-state index in [1.165, 1.54) is 6.07 Å². The Balaban J connectivity index is 2.52. The van der Waals surface area contributed by atoms with Crippen molar-refractivity contribution in [3.05, 3.63) is 52.3 Å². The number of benzene rings is 2. The normalized spacial score (nSPS) is 10.4. The molecule has 1 nitrogen and oxygen atoms in total. The van der Waals surface area contributed by atoms with Crippen molar-refractivity contribution in [2.24, 2.45) is 0 Å². The van der Waals surface area contributed by atoms with Gasteiger partial charge in [-0.15, -0.1) is 0 Å². The van der Waals surface area contributed by atoms with Crippen molar-refractivity contribution in [1.82, 2.24) is 0 Å². The van der Waals surface area contributed by atoms with Gasteiger partial charge in [-0.1, -0.05) is 28.1 Å². The average molecular weight is 280 g/mol. The van der Waals surface area contributed by atoms with Gasteiger partial charge in [0.25, 0.3) is 0 Å². The molecule has 0 aliphatic carbocycles. The summed E-state index contributed by atoms with van der Waals surface area (Å²) >= 11 is 3.36. The van der Waals surface area contributed by atoms with Crippen LogP contribution in [0.3, 0.4) is 0 Å². The van der Waals surface area contributed by atoms with Crippen LogP contribution in [0, 0.1) is 12.7 Å². The summed E-state index contributed by atoms with van der Waals surface area (Å²) in [7, 11) is 0. The molecule has 2 N–H and O–H groups in total. The minimum atomic E-state index is -0.363. The van der Waals surface area contributed by atoms with Gasteiger partial charge in [-0.3, -0.25) is 0 Å². The molecule has 0 fully saturated rings. The summed E-state index contributed by atoms with van der Waals surface area (Å²) in [6.45, 7) is 1.81. The molecule has 0 radical (unpaired) electrons. The van der Waals surface area contributed by atoms with Gasteiger partial charge in [0, 0.05) is 4.47 Å². The quantitative estimate of drug-likeness (QED) is 0.780. The second-order valence-electron chi connectivity index (χ2n) is 3.70. The lowest BCUT2D eigenvalue weighted by Crippen LogP contribution is -1.95. The van der Waals surface area contributed by atoms with Crippen LogP contribution in [0.1, 0.15) is 5.56 Å². The number of rotatable bonds is 1. The molecule has 16 heavy (non-hydrogen) atoms. The summed E-state index contributed by atoms with van der Waals surface area (Å²) in [4.78, 5) is 0. The van der Waals surface area contributed by atoms with Gasteiger partial charge in [0.2, 0.25) is 0 Å². The molecule has 0 aliphatic heterocycles. The zero-order valence-electron chi connectivity index (χ0n) is 8.80. The van der Waals surface area contributed by atoms with E-state index in [9.17, 15) is 4.39 Å². The molecule has 0 spiro atoms. The summed E-state index contributed by atoms with van der Waals surface area (Å²) in [6, 6.07) is 11.1. The Morgan fingerprint density at radius 2 is 1.69 bits per heavy atom. The predicted molar refractivity (Wildman–Crippen MR) is 68.7 cm³/mol. The number of aryl methyl sites for hydroxylation is 1. The van der Waals surface area contributed by atoms with Crippen molar-refractivity contribution in [2.75, 3.05) is 5.73 Å². The Hall–Kier alpha value is -1.35. The van der Waals surface area contributed by atoms with E-state index >= 15 is 0 Å². The molecule has 0 atom stereocenters. The molecular formula is C13H11BrFN. The Morgan fingerprint density at radius 3 is 2.25 bits per heavy atom. The number of hydrogen-bond donors (Lipinski definition) is 1. The van der Waals surface area contributed by atoms with Crippen molar-refractivity contribution >= 4 is 21.6 Å². The third kappa shape index (κ3) is 2.09. The number of nitrogen functional groups attached to an aromatic ring is 1. The molecule has 2 rings (SSSR count). The van der Waals surface area contributed by atoms with Crippen molar-refractivity contribution in [2.45, 2.75) is 6.92 Å². The highest BCUT2D eigenvalue weighted by atomic mass is 79.9. The maximum absolute atomic E-state index is 13.5. The lowest BCUT2D eigenvalue weighted by Gasteiger charge is -2.07. The second kappa shape index (κ2) is 4.26. The standard InChI is InChI=1S/C13H11BrFN/c1-8-6-10(7-12(15)13(8)16)9-2-4-11(14)5-3-9/h2-7H,16H2,1H3. The topological polar surface area (TPSA) is 26.0 Å². The summed E-state index contributed by atoms with van der Waals surface area (Å²) < 4.78 is 14.5. The van der Waals surface area contributed by atoms with Gasteiger partial charge in [0.05, 0.1) is 5.69 Å². The Kier molecular flexibility index (Phi) is 2.97. The Bertz CT molecular complexity index is 497. The number of hydrogen-bond acceptors (Lipinski definition) is 1. The molecule has 3 heteroatoms. The van der Waals surface area contributed by atoms with Gasteiger partial charge in [0.15, 0.2) is 0 Å². The van der Waals surface area contributed by atoms with Crippen molar-refractivity contribution < 1.29 is 4.39 Å². The molecular weight excluding hydrogens is 269 g/mol. The SMILES string of the molecule is Cc1cc(-c2ccc(Br)cc2)cc(F)c1N. The van der Waals surface area contributed by atoms with Crippen molar-refractivity contribution in [1.29, 1.82) is 0 Å². The van der Waals surface area contributed by atoms with Crippen LogP contribution in [0.25, 0.3) is 11.1 Å². The van der Waals surface area contributed by atoms with Crippen LogP contribution in [0.15, 0.2) is 40.9 Å². The Labute approximate surface area is 102 Å². The summed E-state index contributed by atoms with van der Waals surface area (Å²) in [6.07, 6.45) is 0. The monoisotopic (exact) mass is 279 g/mol. The van der Waals surface area contributed by atoms with Crippen LogP contribution in [-0.2, 0) is 0 Å². The number of anilines is 1. The first kappa shape index (κ1) is 11.1. The number of nitrogens with two attached hydrogens (primary N) is 1. The molecule has 2 aromatic rings. The minimum absolute atomic E-state index is 0.223.